The zero-order valence-corrected chi connectivity index (χ0v) is 18.5. The lowest BCUT2D eigenvalue weighted by Crippen LogP contribution is -2.34. The Morgan fingerprint density at radius 1 is 1.10 bits per heavy atom. The maximum absolute atomic E-state index is 12.3. The second-order valence-corrected chi connectivity index (χ2v) is 7.84. The molecule has 0 radical (unpaired) electrons. The molecule has 0 fully saturated rings. The largest absolute Gasteiger partial charge is 0.488 e. The Morgan fingerprint density at radius 3 is 2.63 bits per heavy atom. The molecule has 1 amide bonds. The highest BCUT2D eigenvalue weighted by Gasteiger charge is 2.11. The molecular weight excluding hydrogens is 442 g/mol. The summed E-state index contributed by atoms with van der Waals surface area (Å²) >= 11 is 3.43. The summed E-state index contributed by atoms with van der Waals surface area (Å²) in [4.78, 5) is 12.3. The number of anilines is 1. The van der Waals surface area contributed by atoms with Crippen LogP contribution >= 0.6 is 15.9 Å². The van der Waals surface area contributed by atoms with Gasteiger partial charge in [-0.3, -0.25) is 4.79 Å². The van der Waals surface area contributed by atoms with Gasteiger partial charge in [-0.1, -0.05) is 52.3 Å². The zero-order chi connectivity index (χ0) is 21.3. The van der Waals surface area contributed by atoms with E-state index >= 15 is 0 Å². The van der Waals surface area contributed by atoms with E-state index in [0.717, 1.165) is 26.9 Å². The van der Waals surface area contributed by atoms with Gasteiger partial charge in [-0.15, -0.1) is 0 Å². The van der Waals surface area contributed by atoms with E-state index in [1.165, 1.54) is 0 Å². The van der Waals surface area contributed by atoms with Gasteiger partial charge in [-0.2, -0.15) is 5.10 Å². The molecule has 0 saturated carbocycles. The van der Waals surface area contributed by atoms with Crippen molar-refractivity contribution in [2.75, 3.05) is 5.32 Å². The third-order valence-electron chi connectivity index (χ3n) is 4.40. The van der Waals surface area contributed by atoms with Crippen LogP contribution in [-0.2, 0) is 11.4 Å². The number of nitrogens with zero attached hydrogens (tertiary/aromatic N) is 1. The van der Waals surface area contributed by atoms with Gasteiger partial charge in [0.2, 0.25) is 0 Å². The van der Waals surface area contributed by atoms with E-state index in [1.807, 2.05) is 79.7 Å². The summed E-state index contributed by atoms with van der Waals surface area (Å²) in [5.41, 5.74) is 6.46. The quantitative estimate of drug-likeness (QED) is 0.351. The Morgan fingerprint density at radius 2 is 1.87 bits per heavy atom. The Balaban J connectivity index is 1.56. The summed E-state index contributed by atoms with van der Waals surface area (Å²) < 4.78 is 6.96. The molecular formula is C24H24BrN3O2. The number of halogens is 1. The number of benzene rings is 3. The monoisotopic (exact) mass is 465 g/mol. The van der Waals surface area contributed by atoms with Crippen LogP contribution in [0.15, 0.2) is 82.4 Å². The standard InChI is InChI=1S/C24H24BrN3O2/c1-17-6-5-8-22(14-17)27-18(2)24(29)28-26-15-20-7-3-4-9-23(20)30-16-19-10-12-21(25)13-11-19/h3-15,18,27H,16H2,1-2H3,(H,28,29)/t18-/m0/s1. The fourth-order valence-electron chi connectivity index (χ4n) is 2.77. The fraction of sp³-hybridized carbons (Fsp3) is 0.167. The highest BCUT2D eigenvalue weighted by Crippen LogP contribution is 2.18. The highest BCUT2D eigenvalue weighted by atomic mass is 79.9. The van der Waals surface area contributed by atoms with Crippen LogP contribution in [0.4, 0.5) is 5.69 Å². The summed E-state index contributed by atoms with van der Waals surface area (Å²) in [6.45, 7) is 4.25. The molecule has 3 aromatic rings. The number of hydrazone groups is 1. The van der Waals surface area contributed by atoms with Gasteiger partial charge in [-0.25, -0.2) is 5.43 Å². The molecule has 0 aliphatic heterocycles. The Bertz CT molecular complexity index is 1020. The minimum absolute atomic E-state index is 0.221. The summed E-state index contributed by atoms with van der Waals surface area (Å²) in [5, 5.41) is 7.27. The lowest BCUT2D eigenvalue weighted by atomic mass is 10.2. The van der Waals surface area contributed by atoms with Gasteiger partial charge in [-0.05, 0) is 61.4 Å². The number of carbonyl (C=O) groups excluding carboxylic acids is 1. The zero-order valence-electron chi connectivity index (χ0n) is 16.9. The maximum atomic E-state index is 12.3. The van der Waals surface area contributed by atoms with Crippen molar-refractivity contribution in [3.63, 3.8) is 0 Å². The van der Waals surface area contributed by atoms with Crippen LogP contribution in [-0.4, -0.2) is 18.2 Å². The van der Waals surface area contributed by atoms with Crippen molar-refractivity contribution in [3.05, 3.63) is 94.0 Å². The molecule has 0 spiro atoms. The first-order valence-electron chi connectivity index (χ1n) is 9.63. The first kappa shape index (κ1) is 21.6. The van der Waals surface area contributed by atoms with Crippen LogP contribution in [0.1, 0.15) is 23.6 Å². The average Bonchev–Trinajstić information content (AvgIpc) is 2.74. The minimum Gasteiger partial charge on any atom is -0.488 e. The van der Waals surface area contributed by atoms with Gasteiger partial charge in [0.1, 0.15) is 18.4 Å². The molecule has 154 valence electrons. The van der Waals surface area contributed by atoms with Crippen molar-refractivity contribution >= 4 is 33.7 Å². The smallest absolute Gasteiger partial charge is 0.262 e. The molecule has 1 atom stereocenters. The first-order chi connectivity index (χ1) is 14.5. The predicted octanol–water partition coefficient (Wildman–Crippen LogP) is 5.29. The molecule has 6 heteroatoms. The summed E-state index contributed by atoms with van der Waals surface area (Å²) in [7, 11) is 0. The molecule has 0 aliphatic rings. The molecule has 0 bridgehead atoms. The van der Waals surface area contributed by atoms with E-state index in [2.05, 4.69) is 31.8 Å². The molecule has 0 unspecified atom stereocenters. The van der Waals surface area contributed by atoms with Crippen LogP contribution in [0, 0.1) is 6.92 Å². The number of para-hydroxylation sites is 1. The van der Waals surface area contributed by atoms with Gasteiger partial charge < -0.3 is 10.1 Å². The average molecular weight is 466 g/mol. The van der Waals surface area contributed by atoms with Gasteiger partial charge in [0.05, 0.1) is 6.21 Å². The normalized spacial score (nSPS) is 11.8. The van der Waals surface area contributed by atoms with Crippen LogP contribution < -0.4 is 15.5 Å². The molecule has 3 rings (SSSR count). The Labute approximate surface area is 185 Å². The third-order valence-corrected chi connectivity index (χ3v) is 4.93. The van der Waals surface area contributed by atoms with E-state index in [1.54, 1.807) is 13.1 Å². The molecule has 0 heterocycles. The van der Waals surface area contributed by atoms with E-state index < -0.39 is 6.04 Å². The predicted molar refractivity (Wildman–Crippen MR) is 125 cm³/mol. The van der Waals surface area contributed by atoms with Crippen LogP contribution in [0.3, 0.4) is 0 Å². The molecule has 2 N–H and O–H groups in total. The number of hydrogen-bond acceptors (Lipinski definition) is 4. The van der Waals surface area contributed by atoms with Crippen molar-refractivity contribution in [2.45, 2.75) is 26.5 Å². The molecule has 0 saturated heterocycles. The second kappa shape index (κ2) is 10.6. The van der Waals surface area contributed by atoms with Gasteiger partial charge in [0, 0.05) is 15.7 Å². The maximum Gasteiger partial charge on any atom is 0.262 e. The second-order valence-electron chi connectivity index (χ2n) is 6.92. The number of nitrogens with one attached hydrogen (secondary N) is 2. The Hall–Kier alpha value is -3.12. The van der Waals surface area contributed by atoms with Crippen molar-refractivity contribution in [1.29, 1.82) is 0 Å². The molecule has 3 aromatic carbocycles. The van der Waals surface area contributed by atoms with Crippen LogP contribution in [0.2, 0.25) is 0 Å². The number of hydrogen-bond donors (Lipinski definition) is 2. The van der Waals surface area contributed by atoms with Crippen molar-refractivity contribution < 1.29 is 9.53 Å². The van der Waals surface area contributed by atoms with Crippen molar-refractivity contribution in [1.82, 2.24) is 5.43 Å². The van der Waals surface area contributed by atoms with Gasteiger partial charge in [0.25, 0.3) is 5.91 Å². The molecule has 0 aliphatic carbocycles. The van der Waals surface area contributed by atoms with Gasteiger partial charge >= 0.3 is 0 Å². The fourth-order valence-corrected chi connectivity index (χ4v) is 3.04. The van der Waals surface area contributed by atoms with Crippen molar-refractivity contribution in [3.8, 4) is 5.75 Å². The summed E-state index contributed by atoms with van der Waals surface area (Å²) in [6.07, 6.45) is 1.59. The van der Waals surface area contributed by atoms with E-state index in [0.29, 0.717) is 12.4 Å². The lowest BCUT2D eigenvalue weighted by molar-refractivity contribution is -0.121. The van der Waals surface area contributed by atoms with Crippen molar-refractivity contribution in [2.24, 2.45) is 5.10 Å². The molecule has 5 nitrogen and oxygen atoms in total. The highest BCUT2D eigenvalue weighted by molar-refractivity contribution is 9.10. The SMILES string of the molecule is Cc1cccc(N[C@@H](C)C(=O)NN=Cc2ccccc2OCc2ccc(Br)cc2)c1. The Kier molecular flexibility index (Phi) is 7.63. The number of amides is 1. The summed E-state index contributed by atoms with van der Waals surface area (Å²) in [5.74, 6) is 0.477. The van der Waals surface area contributed by atoms with E-state index in [-0.39, 0.29) is 5.91 Å². The summed E-state index contributed by atoms with van der Waals surface area (Å²) in [6, 6.07) is 23.0. The minimum atomic E-state index is -0.423. The molecule has 0 aromatic heterocycles. The lowest BCUT2D eigenvalue weighted by Gasteiger charge is -2.14. The number of carbonyl (C=O) groups is 1. The van der Waals surface area contributed by atoms with E-state index in [4.69, 9.17) is 4.74 Å². The first-order valence-corrected chi connectivity index (χ1v) is 10.4. The van der Waals surface area contributed by atoms with Gasteiger partial charge in [0.15, 0.2) is 0 Å². The van der Waals surface area contributed by atoms with Crippen LogP contribution in [0.25, 0.3) is 0 Å². The third kappa shape index (κ3) is 6.46. The number of ether oxygens (including phenoxy) is 1. The van der Waals surface area contributed by atoms with Crippen LogP contribution in [0.5, 0.6) is 5.75 Å². The van der Waals surface area contributed by atoms with E-state index in [9.17, 15) is 4.79 Å². The number of rotatable bonds is 8. The topological polar surface area (TPSA) is 62.7 Å². The molecule has 30 heavy (non-hydrogen) atoms. The number of aryl methyl sites for hydroxylation is 1.